The summed E-state index contributed by atoms with van der Waals surface area (Å²) in [6, 6.07) is 13.6. The summed E-state index contributed by atoms with van der Waals surface area (Å²) < 4.78 is 7.55. The Morgan fingerprint density at radius 3 is 2.70 bits per heavy atom. The SMILES string of the molecule is C=CC(=O)Nc1cccc(-n2cnc3cnc(Nc4ccc(N5CCN(CC)CC5)cc4OC)nc32)c1. The lowest BCUT2D eigenvalue weighted by Gasteiger charge is -2.35. The highest BCUT2D eigenvalue weighted by Crippen LogP contribution is 2.32. The molecule has 0 spiro atoms. The first kappa shape index (κ1) is 24.3. The quantitative estimate of drug-likeness (QED) is 0.354. The Bertz CT molecular complexity index is 1430. The van der Waals surface area contributed by atoms with Crippen LogP contribution in [-0.4, -0.2) is 70.2 Å². The van der Waals surface area contributed by atoms with Gasteiger partial charge < -0.3 is 25.2 Å². The van der Waals surface area contributed by atoms with Crippen molar-refractivity contribution in [1.82, 2.24) is 24.4 Å². The topological polar surface area (TPSA) is 100 Å². The zero-order valence-electron chi connectivity index (χ0n) is 21.0. The van der Waals surface area contributed by atoms with Crippen LogP contribution >= 0.6 is 0 Å². The molecule has 0 aliphatic carbocycles. The maximum atomic E-state index is 11.7. The molecule has 0 unspecified atom stereocenters. The van der Waals surface area contributed by atoms with Gasteiger partial charge in [0.05, 0.1) is 24.7 Å². The minimum absolute atomic E-state index is 0.273. The molecule has 1 saturated heterocycles. The average molecular weight is 499 g/mol. The Labute approximate surface area is 215 Å². The first-order valence-electron chi connectivity index (χ1n) is 12.2. The maximum Gasteiger partial charge on any atom is 0.247 e. The van der Waals surface area contributed by atoms with Crippen molar-refractivity contribution < 1.29 is 9.53 Å². The second-order valence-electron chi connectivity index (χ2n) is 8.69. The third-order valence-corrected chi connectivity index (χ3v) is 6.48. The number of carbonyl (C=O) groups excluding carboxylic acids is 1. The molecule has 10 heteroatoms. The molecule has 2 aromatic heterocycles. The number of methoxy groups -OCH3 is 1. The number of fused-ring (bicyclic) bond motifs is 1. The molecule has 10 nitrogen and oxygen atoms in total. The molecule has 190 valence electrons. The predicted molar refractivity (Wildman–Crippen MR) is 146 cm³/mol. The Kier molecular flexibility index (Phi) is 7.00. The van der Waals surface area contributed by atoms with Gasteiger partial charge in [-0.1, -0.05) is 19.6 Å². The lowest BCUT2D eigenvalue weighted by atomic mass is 10.2. The van der Waals surface area contributed by atoms with Crippen LogP contribution in [0.2, 0.25) is 0 Å². The number of hydrogen-bond donors (Lipinski definition) is 2. The number of hydrogen-bond acceptors (Lipinski definition) is 8. The van der Waals surface area contributed by atoms with E-state index >= 15 is 0 Å². The molecule has 1 amide bonds. The number of piperazine rings is 1. The fourth-order valence-corrected chi connectivity index (χ4v) is 4.41. The van der Waals surface area contributed by atoms with Gasteiger partial charge in [-0.15, -0.1) is 0 Å². The minimum atomic E-state index is -0.273. The summed E-state index contributed by atoms with van der Waals surface area (Å²) >= 11 is 0. The van der Waals surface area contributed by atoms with E-state index in [-0.39, 0.29) is 5.91 Å². The smallest absolute Gasteiger partial charge is 0.247 e. The van der Waals surface area contributed by atoms with Crippen LogP contribution in [0.25, 0.3) is 16.9 Å². The molecule has 0 radical (unpaired) electrons. The summed E-state index contributed by atoms with van der Waals surface area (Å²) in [6.45, 7) is 10.9. The fourth-order valence-electron chi connectivity index (χ4n) is 4.41. The van der Waals surface area contributed by atoms with Gasteiger partial charge in [-0.05, 0) is 43.0 Å². The third-order valence-electron chi connectivity index (χ3n) is 6.48. The van der Waals surface area contributed by atoms with Crippen molar-refractivity contribution in [3.8, 4) is 11.4 Å². The largest absolute Gasteiger partial charge is 0.494 e. The first-order valence-corrected chi connectivity index (χ1v) is 12.2. The Morgan fingerprint density at radius 1 is 1.11 bits per heavy atom. The molecule has 0 bridgehead atoms. The first-order chi connectivity index (χ1) is 18.1. The van der Waals surface area contributed by atoms with E-state index in [1.165, 1.54) is 6.08 Å². The summed E-state index contributed by atoms with van der Waals surface area (Å²) in [5, 5.41) is 6.07. The zero-order chi connectivity index (χ0) is 25.8. The van der Waals surface area contributed by atoms with Gasteiger partial charge in [0.25, 0.3) is 0 Å². The number of benzene rings is 2. The van der Waals surface area contributed by atoms with Gasteiger partial charge in [-0.25, -0.2) is 9.97 Å². The van der Waals surface area contributed by atoms with Gasteiger partial charge in [0.1, 0.15) is 17.6 Å². The number of likely N-dealkylation sites (N-methyl/N-ethyl adjacent to an activating group) is 1. The fraction of sp³-hybridized carbons (Fsp3) is 0.259. The molecular weight excluding hydrogens is 468 g/mol. The predicted octanol–water partition coefficient (Wildman–Crippen LogP) is 3.83. The van der Waals surface area contributed by atoms with E-state index in [2.05, 4.69) is 56.0 Å². The van der Waals surface area contributed by atoms with Crippen LogP contribution in [0.4, 0.5) is 23.0 Å². The number of amides is 1. The number of carbonyl (C=O) groups is 1. The monoisotopic (exact) mass is 498 g/mol. The van der Waals surface area contributed by atoms with Gasteiger partial charge in [-0.3, -0.25) is 9.36 Å². The van der Waals surface area contributed by atoms with Gasteiger partial charge in [0, 0.05) is 43.6 Å². The highest BCUT2D eigenvalue weighted by atomic mass is 16.5. The van der Waals surface area contributed by atoms with Crippen LogP contribution in [0.3, 0.4) is 0 Å². The van der Waals surface area contributed by atoms with E-state index in [0.29, 0.717) is 22.8 Å². The molecule has 4 aromatic rings. The molecule has 1 aliphatic rings. The van der Waals surface area contributed by atoms with E-state index in [9.17, 15) is 4.79 Å². The molecule has 0 atom stereocenters. The van der Waals surface area contributed by atoms with Crippen LogP contribution < -0.4 is 20.3 Å². The van der Waals surface area contributed by atoms with Crippen LogP contribution in [0.1, 0.15) is 6.92 Å². The number of ether oxygens (including phenoxy) is 1. The number of aromatic nitrogens is 4. The van der Waals surface area contributed by atoms with Gasteiger partial charge in [0.2, 0.25) is 11.9 Å². The van der Waals surface area contributed by atoms with Gasteiger partial charge >= 0.3 is 0 Å². The molecule has 2 aromatic carbocycles. The maximum absolute atomic E-state index is 11.7. The lowest BCUT2D eigenvalue weighted by Crippen LogP contribution is -2.46. The summed E-state index contributed by atoms with van der Waals surface area (Å²) in [4.78, 5) is 30.1. The number of nitrogens with one attached hydrogen (secondary N) is 2. The van der Waals surface area contributed by atoms with E-state index in [1.807, 2.05) is 34.9 Å². The van der Waals surface area contributed by atoms with E-state index in [0.717, 1.165) is 55.5 Å². The van der Waals surface area contributed by atoms with Crippen molar-refractivity contribution in [2.75, 3.05) is 55.4 Å². The Morgan fingerprint density at radius 2 is 1.95 bits per heavy atom. The zero-order valence-corrected chi connectivity index (χ0v) is 21.0. The number of rotatable bonds is 8. The van der Waals surface area contributed by atoms with Crippen molar-refractivity contribution in [3.63, 3.8) is 0 Å². The Balaban J connectivity index is 1.39. The van der Waals surface area contributed by atoms with Crippen molar-refractivity contribution in [1.29, 1.82) is 0 Å². The van der Waals surface area contributed by atoms with E-state index in [4.69, 9.17) is 9.72 Å². The molecule has 1 aliphatic heterocycles. The van der Waals surface area contributed by atoms with Gasteiger partial charge in [-0.2, -0.15) is 4.98 Å². The second-order valence-corrected chi connectivity index (χ2v) is 8.69. The summed E-state index contributed by atoms with van der Waals surface area (Å²) in [6.07, 6.45) is 4.60. The summed E-state index contributed by atoms with van der Waals surface area (Å²) in [5.74, 6) is 0.871. The number of anilines is 4. The van der Waals surface area contributed by atoms with Crippen LogP contribution in [-0.2, 0) is 4.79 Å². The van der Waals surface area contributed by atoms with E-state index in [1.54, 1.807) is 19.6 Å². The van der Waals surface area contributed by atoms with E-state index < -0.39 is 0 Å². The van der Waals surface area contributed by atoms with Crippen molar-refractivity contribution in [2.45, 2.75) is 6.92 Å². The number of imidazole rings is 1. The molecule has 1 fully saturated rings. The standard InChI is InChI=1S/C27H30N8O2/c1-4-25(36)30-19-7-6-8-21(15-19)35-18-29-23-17-28-27(32-26(23)35)31-22-10-9-20(16-24(22)37-3)34-13-11-33(5-2)12-14-34/h4,6-10,15-18H,1,5,11-14H2,2-3H3,(H,30,36)(H,28,31,32). The highest BCUT2D eigenvalue weighted by molar-refractivity contribution is 5.99. The average Bonchev–Trinajstić information content (AvgIpc) is 3.37. The Hall–Kier alpha value is -4.44. The minimum Gasteiger partial charge on any atom is -0.494 e. The number of nitrogens with zero attached hydrogens (tertiary/aromatic N) is 6. The van der Waals surface area contributed by atoms with Crippen LogP contribution in [0.5, 0.6) is 5.75 Å². The molecule has 5 rings (SSSR count). The molecular formula is C27H30N8O2. The molecule has 0 saturated carbocycles. The summed E-state index contributed by atoms with van der Waals surface area (Å²) in [5.41, 5.74) is 4.65. The molecule has 2 N–H and O–H groups in total. The molecule has 37 heavy (non-hydrogen) atoms. The van der Waals surface area contributed by atoms with Crippen molar-refractivity contribution >= 4 is 40.1 Å². The second kappa shape index (κ2) is 10.7. The third kappa shape index (κ3) is 5.24. The van der Waals surface area contributed by atoms with Gasteiger partial charge in [0.15, 0.2) is 5.65 Å². The highest BCUT2D eigenvalue weighted by Gasteiger charge is 2.18. The van der Waals surface area contributed by atoms with Crippen molar-refractivity contribution in [2.24, 2.45) is 0 Å². The van der Waals surface area contributed by atoms with Crippen LogP contribution in [0.15, 0.2) is 67.6 Å². The summed E-state index contributed by atoms with van der Waals surface area (Å²) in [7, 11) is 1.66. The normalized spacial score (nSPS) is 13.9. The lowest BCUT2D eigenvalue weighted by molar-refractivity contribution is -0.111. The van der Waals surface area contributed by atoms with Crippen molar-refractivity contribution in [3.05, 3.63) is 67.6 Å². The molecule has 3 heterocycles. The van der Waals surface area contributed by atoms with Crippen LogP contribution in [0, 0.1) is 0 Å².